The zero-order valence-electron chi connectivity index (χ0n) is 18.2. The number of thioether (sulfide) groups is 1. The van der Waals surface area contributed by atoms with Gasteiger partial charge in [-0.2, -0.15) is 16.7 Å². The molecule has 0 aliphatic carbocycles. The van der Waals surface area contributed by atoms with Crippen LogP contribution in [0, 0.1) is 11.7 Å². The van der Waals surface area contributed by atoms with Crippen LogP contribution in [0.1, 0.15) is 24.3 Å². The molecule has 1 aromatic heterocycles. The van der Waals surface area contributed by atoms with Gasteiger partial charge in [-0.15, -0.1) is 0 Å². The normalized spacial score (nSPS) is 15.0. The fourth-order valence-corrected chi connectivity index (χ4v) is 4.83. The quantitative estimate of drug-likeness (QED) is 0.437. The van der Waals surface area contributed by atoms with E-state index in [1.165, 1.54) is 6.07 Å². The lowest BCUT2D eigenvalue weighted by Crippen LogP contribution is -2.40. The summed E-state index contributed by atoms with van der Waals surface area (Å²) in [5.74, 6) is 2.38. The fourth-order valence-electron chi connectivity index (χ4n) is 3.80. The van der Waals surface area contributed by atoms with Gasteiger partial charge in [-0.1, -0.05) is 47.1 Å². The SMILES string of the molecule is O=C(NCCSCc1ccccc1F)C1CCN(Cc2nc(-c3cccc(Cl)c3)no2)CC1. The minimum atomic E-state index is -0.179. The molecular weight excluding hydrogens is 463 g/mol. The Balaban J connectivity index is 1.15. The standard InChI is InChI=1S/C24H26ClFN4O2S/c25-20-6-3-5-18(14-20)23-28-22(32-29-23)15-30-11-8-17(9-12-30)24(31)27-10-13-33-16-19-4-1-2-7-21(19)26/h1-7,14,17H,8-13,15-16H2,(H,27,31). The van der Waals surface area contributed by atoms with Crippen molar-refractivity contribution < 1.29 is 13.7 Å². The molecule has 4 rings (SSSR count). The van der Waals surface area contributed by atoms with Crippen molar-refractivity contribution in [3.63, 3.8) is 0 Å². The Hall–Kier alpha value is -2.42. The second kappa shape index (κ2) is 11.6. The Kier molecular flexibility index (Phi) is 8.36. The number of nitrogens with zero attached hydrogens (tertiary/aromatic N) is 3. The smallest absolute Gasteiger partial charge is 0.241 e. The van der Waals surface area contributed by atoms with Gasteiger partial charge < -0.3 is 9.84 Å². The van der Waals surface area contributed by atoms with Gasteiger partial charge in [0.1, 0.15) is 5.82 Å². The molecule has 9 heteroatoms. The Morgan fingerprint density at radius 1 is 1.21 bits per heavy atom. The van der Waals surface area contributed by atoms with E-state index in [1.807, 2.05) is 18.2 Å². The van der Waals surface area contributed by atoms with E-state index in [-0.39, 0.29) is 17.6 Å². The van der Waals surface area contributed by atoms with Gasteiger partial charge >= 0.3 is 0 Å². The molecule has 3 aromatic rings. The van der Waals surface area contributed by atoms with E-state index in [0.29, 0.717) is 41.1 Å². The van der Waals surface area contributed by atoms with Gasteiger partial charge in [0.05, 0.1) is 6.54 Å². The first-order valence-corrected chi connectivity index (χ1v) is 12.5. The van der Waals surface area contributed by atoms with Crippen LogP contribution in [0.3, 0.4) is 0 Å². The van der Waals surface area contributed by atoms with Crippen molar-refractivity contribution in [1.82, 2.24) is 20.4 Å². The molecule has 2 aromatic carbocycles. The number of carbonyl (C=O) groups is 1. The maximum Gasteiger partial charge on any atom is 0.241 e. The molecule has 0 unspecified atom stereocenters. The largest absolute Gasteiger partial charge is 0.355 e. The van der Waals surface area contributed by atoms with Crippen LogP contribution >= 0.6 is 23.4 Å². The highest BCUT2D eigenvalue weighted by atomic mass is 35.5. The third kappa shape index (κ3) is 6.79. The molecular formula is C24H26ClFN4O2S. The number of halogens is 2. The Morgan fingerprint density at radius 2 is 2.03 bits per heavy atom. The monoisotopic (exact) mass is 488 g/mol. The van der Waals surface area contributed by atoms with E-state index < -0.39 is 0 Å². The molecule has 1 fully saturated rings. The van der Waals surface area contributed by atoms with E-state index in [0.717, 1.165) is 37.2 Å². The number of hydrogen-bond donors (Lipinski definition) is 1. The summed E-state index contributed by atoms with van der Waals surface area (Å²) in [6.45, 7) is 2.75. The van der Waals surface area contributed by atoms with Gasteiger partial charge in [0.15, 0.2) is 0 Å². The average Bonchev–Trinajstić information content (AvgIpc) is 3.29. The summed E-state index contributed by atoms with van der Waals surface area (Å²) in [6, 6.07) is 14.1. The maximum atomic E-state index is 13.6. The van der Waals surface area contributed by atoms with Gasteiger partial charge in [0, 0.05) is 34.6 Å². The maximum absolute atomic E-state index is 13.6. The Bertz CT molecular complexity index is 1070. The minimum Gasteiger partial charge on any atom is -0.355 e. The molecule has 2 heterocycles. The molecule has 0 saturated carbocycles. The van der Waals surface area contributed by atoms with Crippen LogP contribution in [0.2, 0.25) is 5.02 Å². The number of amides is 1. The van der Waals surface area contributed by atoms with Gasteiger partial charge in [-0.25, -0.2) is 4.39 Å². The number of likely N-dealkylation sites (tertiary alicyclic amines) is 1. The summed E-state index contributed by atoms with van der Waals surface area (Å²) in [5, 5.41) is 7.70. The lowest BCUT2D eigenvalue weighted by molar-refractivity contribution is -0.126. The zero-order valence-corrected chi connectivity index (χ0v) is 19.7. The first-order chi connectivity index (χ1) is 16.1. The van der Waals surface area contributed by atoms with E-state index >= 15 is 0 Å². The second-order valence-electron chi connectivity index (χ2n) is 8.01. The summed E-state index contributed by atoms with van der Waals surface area (Å²) in [4.78, 5) is 19.2. The Labute approximate surface area is 201 Å². The van der Waals surface area contributed by atoms with Crippen molar-refractivity contribution in [1.29, 1.82) is 0 Å². The van der Waals surface area contributed by atoms with Gasteiger partial charge in [0.2, 0.25) is 17.6 Å². The van der Waals surface area contributed by atoms with E-state index in [1.54, 1.807) is 36.0 Å². The van der Waals surface area contributed by atoms with Crippen LogP contribution < -0.4 is 5.32 Å². The summed E-state index contributed by atoms with van der Waals surface area (Å²) >= 11 is 7.65. The van der Waals surface area contributed by atoms with Crippen molar-refractivity contribution in [2.75, 3.05) is 25.4 Å². The number of benzene rings is 2. The molecule has 1 saturated heterocycles. The van der Waals surface area contributed by atoms with Gasteiger partial charge in [0.25, 0.3) is 0 Å². The third-order valence-electron chi connectivity index (χ3n) is 5.63. The summed E-state index contributed by atoms with van der Waals surface area (Å²) in [7, 11) is 0. The number of hydrogen-bond acceptors (Lipinski definition) is 6. The van der Waals surface area contributed by atoms with Crippen molar-refractivity contribution in [2.45, 2.75) is 25.1 Å². The molecule has 0 spiro atoms. The van der Waals surface area contributed by atoms with Crippen molar-refractivity contribution >= 4 is 29.3 Å². The number of piperidine rings is 1. The number of nitrogens with one attached hydrogen (secondary N) is 1. The van der Waals surface area contributed by atoms with Crippen LogP contribution in [-0.4, -0.2) is 46.3 Å². The second-order valence-corrected chi connectivity index (χ2v) is 9.55. The average molecular weight is 489 g/mol. The highest BCUT2D eigenvalue weighted by Gasteiger charge is 2.25. The number of aromatic nitrogens is 2. The molecule has 33 heavy (non-hydrogen) atoms. The number of rotatable bonds is 9. The molecule has 1 N–H and O–H groups in total. The lowest BCUT2D eigenvalue weighted by Gasteiger charge is -2.30. The predicted molar refractivity (Wildman–Crippen MR) is 128 cm³/mol. The highest BCUT2D eigenvalue weighted by Crippen LogP contribution is 2.22. The fraction of sp³-hybridized carbons (Fsp3) is 0.375. The van der Waals surface area contributed by atoms with Crippen molar-refractivity contribution in [3.8, 4) is 11.4 Å². The molecule has 0 bridgehead atoms. The Morgan fingerprint density at radius 3 is 2.82 bits per heavy atom. The summed E-state index contributed by atoms with van der Waals surface area (Å²) in [6.07, 6.45) is 1.59. The third-order valence-corrected chi connectivity index (χ3v) is 6.87. The van der Waals surface area contributed by atoms with Crippen molar-refractivity contribution in [3.05, 3.63) is 70.8 Å². The first kappa shape index (κ1) is 23.7. The topological polar surface area (TPSA) is 71.3 Å². The molecule has 0 atom stereocenters. The molecule has 1 aliphatic heterocycles. The van der Waals surface area contributed by atoms with Crippen LogP contribution in [0.5, 0.6) is 0 Å². The number of carbonyl (C=O) groups excluding carboxylic acids is 1. The molecule has 0 radical (unpaired) electrons. The molecule has 1 amide bonds. The zero-order chi connectivity index (χ0) is 23.0. The molecule has 1 aliphatic rings. The molecule has 174 valence electrons. The minimum absolute atomic E-state index is 0.0162. The van der Waals surface area contributed by atoms with Gasteiger partial charge in [-0.3, -0.25) is 9.69 Å². The van der Waals surface area contributed by atoms with E-state index in [2.05, 4.69) is 20.4 Å². The molecule has 6 nitrogen and oxygen atoms in total. The predicted octanol–water partition coefficient (Wildman–Crippen LogP) is 4.79. The van der Waals surface area contributed by atoms with Crippen LogP contribution in [0.15, 0.2) is 53.1 Å². The van der Waals surface area contributed by atoms with Crippen LogP contribution in [0.4, 0.5) is 4.39 Å². The van der Waals surface area contributed by atoms with Crippen molar-refractivity contribution in [2.24, 2.45) is 5.92 Å². The van der Waals surface area contributed by atoms with Gasteiger partial charge in [-0.05, 0) is 49.7 Å². The van der Waals surface area contributed by atoms with E-state index in [4.69, 9.17) is 16.1 Å². The van der Waals surface area contributed by atoms with Crippen LogP contribution in [0.25, 0.3) is 11.4 Å². The summed E-state index contributed by atoms with van der Waals surface area (Å²) < 4.78 is 19.0. The first-order valence-electron chi connectivity index (χ1n) is 11.0. The summed E-state index contributed by atoms with van der Waals surface area (Å²) in [5.41, 5.74) is 1.52. The van der Waals surface area contributed by atoms with E-state index in [9.17, 15) is 9.18 Å². The highest BCUT2D eigenvalue weighted by molar-refractivity contribution is 7.98. The van der Waals surface area contributed by atoms with Crippen LogP contribution in [-0.2, 0) is 17.1 Å². The lowest BCUT2D eigenvalue weighted by atomic mass is 9.96.